The standard InChI is InChI=1S/C17H27NO4/c1-17(2,3)22-16(21)18-13-7-6-11(14(18)15(19)20)9-12(13)8-10-4-5-10/h10-14H,4-9H2,1-3H3,(H,19,20)/t11-,12+,13+,14?/m1/s1. The van der Waals surface area contributed by atoms with E-state index in [9.17, 15) is 14.7 Å². The van der Waals surface area contributed by atoms with E-state index in [4.69, 9.17) is 4.74 Å². The molecule has 2 saturated carbocycles. The van der Waals surface area contributed by atoms with Crippen molar-refractivity contribution >= 4 is 12.1 Å². The number of carboxylic acid groups (broad SMARTS) is 1. The molecule has 5 nitrogen and oxygen atoms in total. The molecule has 1 N–H and O–H groups in total. The zero-order valence-corrected chi connectivity index (χ0v) is 13.7. The topological polar surface area (TPSA) is 66.8 Å². The Balaban J connectivity index is 1.81. The summed E-state index contributed by atoms with van der Waals surface area (Å²) in [5.41, 5.74) is -0.594. The number of nitrogens with zero attached hydrogens (tertiary/aromatic N) is 1. The van der Waals surface area contributed by atoms with E-state index in [1.807, 2.05) is 20.8 Å². The Labute approximate surface area is 132 Å². The molecule has 0 aromatic carbocycles. The van der Waals surface area contributed by atoms with Crippen molar-refractivity contribution in [3.63, 3.8) is 0 Å². The van der Waals surface area contributed by atoms with Gasteiger partial charge in [0, 0.05) is 6.04 Å². The van der Waals surface area contributed by atoms with Crippen LogP contribution in [0.15, 0.2) is 0 Å². The van der Waals surface area contributed by atoms with Gasteiger partial charge in [0.2, 0.25) is 0 Å². The van der Waals surface area contributed by atoms with Crippen LogP contribution in [-0.4, -0.2) is 39.8 Å². The molecule has 0 spiro atoms. The van der Waals surface area contributed by atoms with Crippen molar-refractivity contribution in [1.82, 2.24) is 4.90 Å². The van der Waals surface area contributed by atoms with Crippen LogP contribution in [0, 0.1) is 17.8 Å². The van der Waals surface area contributed by atoms with Crippen LogP contribution in [0.1, 0.15) is 59.3 Å². The van der Waals surface area contributed by atoms with E-state index in [2.05, 4.69) is 0 Å². The molecule has 5 heteroatoms. The van der Waals surface area contributed by atoms with E-state index in [1.165, 1.54) is 12.8 Å². The normalized spacial score (nSPS) is 34.6. The van der Waals surface area contributed by atoms with E-state index in [-0.39, 0.29) is 12.0 Å². The molecule has 0 radical (unpaired) electrons. The molecule has 22 heavy (non-hydrogen) atoms. The second-order valence-corrected chi connectivity index (χ2v) is 8.25. The molecule has 2 heterocycles. The first-order valence-electron chi connectivity index (χ1n) is 8.50. The molecule has 4 fully saturated rings. The van der Waals surface area contributed by atoms with Crippen molar-refractivity contribution in [3.05, 3.63) is 0 Å². The third-order valence-corrected chi connectivity index (χ3v) is 5.28. The SMILES string of the molecule is CC(C)(C)OC(=O)N1C(C(=O)O)[C@@H]2CC[C@H]1[C@@H](CC1CC1)C2. The fourth-order valence-corrected chi connectivity index (χ4v) is 4.29. The summed E-state index contributed by atoms with van der Waals surface area (Å²) in [6.45, 7) is 5.47. The summed E-state index contributed by atoms with van der Waals surface area (Å²) in [7, 11) is 0. The van der Waals surface area contributed by atoms with Crippen LogP contribution < -0.4 is 0 Å². The van der Waals surface area contributed by atoms with Gasteiger partial charge in [-0.25, -0.2) is 9.59 Å². The quantitative estimate of drug-likeness (QED) is 0.869. The zero-order valence-electron chi connectivity index (χ0n) is 13.7. The van der Waals surface area contributed by atoms with Crippen LogP contribution in [0.5, 0.6) is 0 Å². The number of piperidine rings is 2. The van der Waals surface area contributed by atoms with Gasteiger partial charge in [0.1, 0.15) is 11.6 Å². The number of aliphatic carboxylic acids is 1. The fraction of sp³-hybridized carbons (Fsp3) is 0.882. The minimum absolute atomic E-state index is 0.0431. The van der Waals surface area contributed by atoms with Gasteiger partial charge < -0.3 is 9.84 Å². The number of hydrogen-bond acceptors (Lipinski definition) is 3. The number of carbonyl (C=O) groups is 2. The fourth-order valence-electron chi connectivity index (χ4n) is 4.29. The lowest BCUT2D eigenvalue weighted by atomic mass is 9.67. The number of hydrogen-bond donors (Lipinski definition) is 1. The molecule has 0 aromatic rings. The van der Waals surface area contributed by atoms with E-state index in [0.717, 1.165) is 31.6 Å². The summed E-state index contributed by atoms with van der Waals surface area (Å²) in [6.07, 6.45) is 6.08. The van der Waals surface area contributed by atoms with Crippen molar-refractivity contribution in [2.24, 2.45) is 17.8 Å². The molecule has 4 atom stereocenters. The molecule has 4 rings (SSSR count). The van der Waals surface area contributed by atoms with Gasteiger partial charge >= 0.3 is 12.1 Å². The van der Waals surface area contributed by atoms with Crippen molar-refractivity contribution in [1.29, 1.82) is 0 Å². The van der Waals surface area contributed by atoms with E-state index in [1.54, 1.807) is 4.90 Å². The van der Waals surface area contributed by atoms with Gasteiger partial charge in [-0.15, -0.1) is 0 Å². The average Bonchev–Trinajstić information content (AvgIpc) is 3.20. The molecule has 2 aliphatic heterocycles. The summed E-state index contributed by atoms with van der Waals surface area (Å²) >= 11 is 0. The van der Waals surface area contributed by atoms with Crippen LogP contribution in [-0.2, 0) is 9.53 Å². The summed E-state index contributed by atoms with van der Waals surface area (Å²) in [6, 6.07) is -0.661. The minimum atomic E-state index is -0.884. The van der Waals surface area contributed by atoms with Gasteiger partial charge in [-0.05, 0) is 64.2 Å². The molecule has 0 aromatic heterocycles. The summed E-state index contributed by atoms with van der Waals surface area (Å²) in [4.78, 5) is 25.9. The summed E-state index contributed by atoms with van der Waals surface area (Å²) < 4.78 is 5.50. The highest BCUT2D eigenvalue weighted by Gasteiger charge is 2.53. The maximum Gasteiger partial charge on any atom is 0.411 e. The molecule has 1 amide bonds. The number of carboxylic acids is 1. The van der Waals surface area contributed by atoms with Gasteiger partial charge in [-0.1, -0.05) is 12.8 Å². The molecule has 2 aliphatic carbocycles. The maximum atomic E-state index is 12.6. The van der Waals surface area contributed by atoms with Gasteiger partial charge in [-0.3, -0.25) is 4.90 Å². The highest BCUT2D eigenvalue weighted by atomic mass is 16.6. The number of fused-ring (bicyclic) bond motifs is 3. The second kappa shape index (κ2) is 5.43. The van der Waals surface area contributed by atoms with Crippen LogP contribution in [0.2, 0.25) is 0 Å². The zero-order chi connectivity index (χ0) is 16.1. The largest absolute Gasteiger partial charge is 0.480 e. The number of carbonyl (C=O) groups excluding carboxylic acids is 1. The summed E-state index contributed by atoms with van der Waals surface area (Å²) in [5.74, 6) is 0.451. The van der Waals surface area contributed by atoms with Crippen LogP contribution in [0.3, 0.4) is 0 Å². The van der Waals surface area contributed by atoms with Crippen LogP contribution in [0.4, 0.5) is 4.79 Å². The molecule has 1 unspecified atom stereocenters. The maximum absolute atomic E-state index is 12.6. The summed E-state index contributed by atoms with van der Waals surface area (Å²) in [5, 5.41) is 9.61. The van der Waals surface area contributed by atoms with Gasteiger partial charge in [0.25, 0.3) is 0 Å². The Morgan fingerprint density at radius 1 is 1.18 bits per heavy atom. The second-order valence-electron chi connectivity index (χ2n) is 8.25. The highest BCUT2D eigenvalue weighted by molar-refractivity contribution is 5.81. The van der Waals surface area contributed by atoms with E-state index >= 15 is 0 Å². The third-order valence-electron chi connectivity index (χ3n) is 5.28. The lowest BCUT2D eigenvalue weighted by Crippen LogP contribution is -2.64. The lowest BCUT2D eigenvalue weighted by molar-refractivity contribution is -0.155. The van der Waals surface area contributed by atoms with Crippen molar-refractivity contribution in [2.45, 2.75) is 77.0 Å². The Hall–Kier alpha value is -1.26. The third kappa shape index (κ3) is 3.08. The molecule has 124 valence electrons. The Kier molecular flexibility index (Phi) is 3.86. The van der Waals surface area contributed by atoms with Gasteiger partial charge in [-0.2, -0.15) is 0 Å². The minimum Gasteiger partial charge on any atom is -0.480 e. The molecule has 4 aliphatic rings. The predicted octanol–water partition coefficient (Wildman–Crippen LogP) is 3.28. The number of ether oxygens (including phenoxy) is 1. The predicted molar refractivity (Wildman–Crippen MR) is 81.5 cm³/mol. The smallest absolute Gasteiger partial charge is 0.411 e. The molecular formula is C17H27NO4. The lowest BCUT2D eigenvalue weighted by Gasteiger charge is -2.53. The first kappa shape index (κ1) is 15.6. The molecule has 2 saturated heterocycles. The van der Waals surface area contributed by atoms with Crippen molar-refractivity contribution < 1.29 is 19.4 Å². The molecular weight excluding hydrogens is 282 g/mol. The van der Waals surface area contributed by atoms with E-state index < -0.39 is 23.7 Å². The van der Waals surface area contributed by atoms with Crippen LogP contribution >= 0.6 is 0 Å². The Bertz CT molecular complexity index is 466. The van der Waals surface area contributed by atoms with Gasteiger partial charge in [0.15, 0.2) is 0 Å². The average molecular weight is 309 g/mol. The Morgan fingerprint density at radius 3 is 2.41 bits per heavy atom. The molecule has 2 bridgehead atoms. The highest BCUT2D eigenvalue weighted by Crippen LogP contribution is 2.48. The number of amides is 1. The van der Waals surface area contributed by atoms with Crippen molar-refractivity contribution in [2.75, 3.05) is 0 Å². The van der Waals surface area contributed by atoms with E-state index in [0.29, 0.717) is 5.92 Å². The van der Waals surface area contributed by atoms with Gasteiger partial charge in [0.05, 0.1) is 0 Å². The monoisotopic (exact) mass is 309 g/mol. The Morgan fingerprint density at radius 2 is 1.86 bits per heavy atom. The first-order chi connectivity index (χ1) is 10.3. The van der Waals surface area contributed by atoms with Crippen LogP contribution in [0.25, 0.3) is 0 Å². The number of rotatable bonds is 3. The van der Waals surface area contributed by atoms with Crippen molar-refractivity contribution in [3.8, 4) is 0 Å². The first-order valence-corrected chi connectivity index (χ1v) is 8.50.